The normalized spacial score (nSPS) is 10.7. The highest BCUT2D eigenvalue weighted by atomic mass is 16.3. The number of nitrogens with zero attached hydrogens (tertiary/aromatic N) is 1. The van der Waals surface area contributed by atoms with E-state index in [1.807, 2.05) is 0 Å². The molecule has 3 aromatic rings. The van der Waals surface area contributed by atoms with Crippen LogP contribution in [0.1, 0.15) is 42.1 Å². The number of benzene rings is 2. The van der Waals surface area contributed by atoms with E-state index in [-0.39, 0.29) is 11.7 Å². The van der Waals surface area contributed by atoms with Gasteiger partial charge in [-0.15, -0.1) is 0 Å². The average molecular weight is 391 g/mol. The zero-order valence-corrected chi connectivity index (χ0v) is 16.7. The summed E-state index contributed by atoms with van der Waals surface area (Å²) in [6.45, 7) is 4.58. The topological polar surface area (TPSA) is 95.1 Å². The van der Waals surface area contributed by atoms with Crippen molar-refractivity contribution in [3.63, 3.8) is 0 Å². The van der Waals surface area contributed by atoms with Crippen molar-refractivity contribution in [3.8, 4) is 28.3 Å². The summed E-state index contributed by atoms with van der Waals surface area (Å²) >= 11 is 0. The number of hydrogen-bond acceptors (Lipinski definition) is 4. The second-order valence-corrected chi connectivity index (χ2v) is 7.03. The lowest BCUT2D eigenvalue weighted by molar-refractivity contribution is 0.0953. The van der Waals surface area contributed by atoms with E-state index in [0.29, 0.717) is 29.1 Å². The lowest BCUT2D eigenvalue weighted by Gasteiger charge is -2.08. The highest BCUT2D eigenvalue weighted by Crippen LogP contribution is 2.26. The summed E-state index contributed by atoms with van der Waals surface area (Å²) in [5.41, 5.74) is 3.49. The number of amides is 1. The molecule has 6 nitrogen and oxygen atoms in total. The summed E-state index contributed by atoms with van der Waals surface area (Å²) in [4.78, 5) is 31.1. The maximum Gasteiger partial charge on any atom is 0.345 e. The van der Waals surface area contributed by atoms with Gasteiger partial charge in [-0.1, -0.05) is 31.9 Å². The molecule has 3 rings (SSSR count). The van der Waals surface area contributed by atoms with Gasteiger partial charge in [-0.05, 0) is 60.9 Å². The SMILES string of the molecule is CCCCCNC(=O)c1ccc(-c2cc(-c3ccc(O)c(C)c3)nc(=O)[nH]2)cc1. The quantitative estimate of drug-likeness (QED) is 0.530. The molecule has 0 radical (unpaired) electrons. The Balaban J connectivity index is 1.82. The van der Waals surface area contributed by atoms with Gasteiger partial charge in [0.25, 0.3) is 5.91 Å². The van der Waals surface area contributed by atoms with Crippen molar-refractivity contribution in [2.24, 2.45) is 0 Å². The van der Waals surface area contributed by atoms with Crippen molar-refractivity contribution in [1.29, 1.82) is 0 Å². The smallest absolute Gasteiger partial charge is 0.345 e. The van der Waals surface area contributed by atoms with Crippen molar-refractivity contribution < 1.29 is 9.90 Å². The Morgan fingerprint density at radius 3 is 2.48 bits per heavy atom. The first-order valence-corrected chi connectivity index (χ1v) is 9.78. The largest absolute Gasteiger partial charge is 0.508 e. The van der Waals surface area contributed by atoms with Crippen molar-refractivity contribution >= 4 is 5.91 Å². The van der Waals surface area contributed by atoms with Crippen LogP contribution in [0.25, 0.3) is 22.5 Å². The molecule has 0 fully saturated rings. The molecule has 0 aliphatic carbocycles. The van der Waals surface area contributed by atoms with Crippen LogP contribution in [0.4, 0.5) is 0 Å². The van der Waals surface area contributed by atoms with E-state index in [4.69, 9.17) is 0 Å². The fourth-order valence-corrected chi connectivity index (χ4v) is 3.06. The molecular weight excluding hydrogens is 366 g/mol. The molecule has 0 spiro atoms. The first-order valence-electron chi connectivity index (χ1n) is 9.78. The summed E-state index contributed by atoms with van der Waals surface area (Å²) in [5.74, 6) is 0.0958. The first kappa shape index (κ1) is 20.3. The third kappa shape index (κ3) is 5.10. The molecule has 3 N–H and O–H groups in total. The van der Waals surface area contributed by atoms with Crippen LogP contribution in [0.2, 0.25) is 0 Å². The number of nitrogens with one attached hydrogen (secondary N) is 2. The number of H-pyrrole nitrogens is 1. The van der Waals surface area contributed by atoms with Crippen molar-refractivity contribution in [2.75, 3.05) is 6.54 Å². The Labute approximate surface area is 169 Å². The molecular formula is C23H25N3O3. The van der Waals surface area contributed by atoms with Crippen molar-refractivity contribution in [2.45, 2.75) is 33.1 Å². The number of aromatic nitrogens is 2. The number of phenols is 1. The van der Waals surface area contributed by atoms with Gasteiger partial charge in [0.15, 0.2) is 0 Å². The summed E-state index contributed by atoms with van der Waals surface area (Å²) in [6.07, 6.45) is 3.18. The summed E-state index contributed by atoms with van der Waals surface area (Å²) in [5, 5.41) is 12.6. The van der Waals surface area contributed by atoms with Crippen LogP contribution in [0, 0.1) is 6.92 Å². The van der Waals surface area contributed by atoms with Crippen LogP contribution in [0.5, 0.6) is 5.75 Å². The second kappa shape index (κ2) is 9.19. The van der Waals surface area contributed by atoms with E-state index in [0.717, 1.165) is 30.4 Å². The number of carbonyl (C=O) groups excluding carboxylic acids is 1. The van der Waals surface area contributed by atoms with Crippen LogP contribution in [0.15, 0.2) is 53.3 Å². The maximum absolute atomic E-state index is 12.2. The molecule has 0 unspecified atom stereocenters. The van der Waals surface area contributed by atoms with Gasteiger partial charge in [-0.3, -0.25) is 4.79 Å². The molecule has 1 aromatic heterocycles. The maximum atomic E-state index is 12.2. The monoisotopic (exact) mass is 391 g/mol. The highest BCUT2D eigenvalue weighted by Gasteiger charge is 2.09. The number of carbonyl (C=O) groups is 1. The Morgan fingerprint density at radius 2 is 1.79 bits per heavy atom. The van der Waals surface area contributed by atoms with Crippen LogP contribution < -0.4 is 11.0 Å². The minimum absolute atomic E-state index is 0.101. The van der Waals surface area contributed by atoms with Crippen molar-refractivity contribution in [1.82, 2.24) is 15.3 Å². The van der Waals surface area contributed by atoms with Crippen LogP contribution in [0.3, 0.4) is 0 Å². The predicted molar refractivity (Wildman–Crippen MR) is 114 cm³/mol. The minimum atomic E-state index is -0.457. The van der Waals surface area contributed by atoms with E-state index < -0.39 is 5.69 Å². The number of aryl methyl sites for hydroxylation is 1. The van der Waals surface area contributed by atoms with Crippen molar-refractivity contribution in [3.05, 3.63) is 70.1 Å². The highest BCUT2D eigenvalue weighted by molar-refractivity contribution is 5.94. The zero-order valence-electron chi connectivity index (χ0n) is 16.7. The Hall–Kier alpha value is -3.41. The van der Waals surface area contributed by atoms with E-state index in [1.165, 1.54) is 0 Å². The minimum Gasteiger partial charge on any atom is -0.508 e. The fourth-order valence-electron chi connectivity index (χ4n) is 3.06. The summed E-state index contributed by atoms with van der Waals surface area (Å²) < 4.78 is 0. The van der Waals surface area contributed by atoms with Gasteiger partial charge in [0.1, 0.15) is 5.75 Å². The lowest BCUT2D eigenvalue weighted by atomic mass is 10.0. The zero-order chi connectivity index (χ0) is 20.8. The van der Waals surface area contributed by atoms with E-state index in [9.17, 15) is 14.7 Å². The number of aromatic amines is 1. The standard InChI is InChI=1S/C23H25N3O3/c1-3-4-5-12-24-22(28)17-8-6-16(7-9-17)19-14-20(26-23(29)25-19)18-10-11-21(27)15(2)13-18/h6-11,13-14,27H,3-5,12H2,1-2H3,(H,24,28)(H,25,26,29). The van der Waals surface area contributed by atoms with Crippen LogP contribution in [-0.4, -0.2) is 27.5 Å². The molecule has 0 saturated heterocycles. The first-order chi connectivity index (χ1) is 14.0. The molecule has 1 amide bonds. The van der Waals surface area contributed by atoms with Gasteiger partial charge < -0.3 is 15.4 Å². The number of aromatic hydroxyl groups is 1. The number of phenolic OH excluding ortho intramolecular Hbond substituents is 1. The fraction of sp³-hybridized carbons (Fsp3) is 0.261. The van der Waals surface area contributed by atoms with Gasteiger partial charge >= 0.3 is 5.69 Å². The van der Waals surface area contributed by atoms with Gasteiger partial charge in [0.05, 0.1) is 11.4 Å². The van der Waals surface area contributed by atoms with Gasteiger partial charge in [-0.25, -0.2) is 4.79 Å². The molecule has 0 aliphatic rings. The molecule has 0 bridgehead atoms. The molecule has 0 aliphatic heterocycles. The van der Waals surface area contributed by atoms with Gasteiger partial charge in [-0.2, -0.15) is 4.98 Å². The number of rotatable bonds is 7. The Kier molecular flexibility index (Phi) is 6.44. The van der Waals surface area contributed by atoms with Crippen LogP contribution in [-0.2, 0) is 0 Å². The predicted octanol–water partition coefficient (Wildman–Crippen LogP) is 4.04. The van der Waals surface area contributed by atoms with Gasteiger partial charge in [0, 0.05) is 17.7 Å². The average Bonchev–Trinajstić information content (AvgIpc) is 2.72. The lowest BCUT2D eigenvalue weighted by Crippen LogP contribution is -2.24. The molecule has 150 valence electrons. The molecule has 0 atom stereocenters. The third-order valence-electron chi connectivity index (χ3n) is 4.76. The molecule has 6 heteroatoms. The second-order valence-electron chi connectivity index (χ2n) is 7.03. The van der Waals surface area contributed by atoms with E-state index in [2.05, 4.69) is 22.2 Å². The Bertz CT molecular complexity index is 1060. The Morgan fingerprint density at radius 1 is 1.07 bits per heavy atom. The van der Waals surface area contributed by atoms with Crippen LogP contribution >= 0.6 is 0 Å². The molecule has 1 heterocycles. The van der Waals surface area contributed by atoms with Gasteiger partial charge in [0.2, 0.25) is 0 Å². The number of unbranched alkanes of at least 4 members (excludes halogenated alkanes) is 2. The summed E-state index contributed by atoms with van der Waals surface area (Å²) in [7, 11) is 0. The molecule has 2 aromatic carbocycles. The summed E-state index contributed by atoms with van der Waals surface area (Å²) in [6, 6.07) is 14.0. The third-order valence-corrected chi connectivity index (χ3v) is 4.76. The number of hydrogen-bond donors (Lipinski definition) is 3. The molecule has 0 saturated carbocycles. The molecule has 29 heavy (non-hydrogen) atoms. The van der Waals surface area contributed by atoms with E-state index in [1.54, 1.807) is 55.5 Å². The van der Waals surface area contributed by atoms with E-state index >= 15 is 0 Å².